The summed E-state index contributed by atoms with van der Waals surface area (Å²) in [6.07, 6.45) is 1.71. The van der Waals surface area contributed by atoms with Gasteiger partial charge in [-0.3, -0.25) is 4.21 Å². The molecule has 1 aromatic rings. The molecule has 0 aromatic carbocycles. The normalized spacial score (nSPS) is 15.8. The van der Waals surface area contributed by atoms with Crippen LogP contribution >= 0.6 is 11.5 Å². The second-order valence-corrected chi connectivity index (χ2v) is 7.19. The third-order valence-electron chi connectivity index (χ3n) is 1.95. The first-order chi connectivity index (χ1) is 7.29. The molecule has 2 unspecified atom stereocenters. The van der Waals surface area contributed by atoms with E-state index in [2.05, 4.69) is 35.4 Å². The largest absolute Gasteiger partial charge is 0.357 e. The summed E-state index contributed by atoms with van der Waals surface area (Å²) in [6.45, 7) is 8.26. The summed E-state index contributed by atoms with van der Waals surface area (Å²) in [5.74, 6) is 1.48. The first-order valence-electron chi connectivity index (χ1n) is 5.20. The summed E-state index contributed by atoms with van der Waals surface area (Å²) in [7, 11) is -0.786. The van der Waals surface area contributed by atoms with Gasteiger partial charge in [-0.1, -0.05) is 20.8 Å². The van der Waals surface area contributed by atoms with Gasteiger partial charge in [0.2, 0.25) is 5.13 Å². The lowest BCUT2D eigenvalue weighted by Gasteiger charge is -2.13. The number of rotatable bonds is 4. The summed E-state index contributed by atoms with van der Waals surface area (Å²) in [5, 5.41) is 4.03. The molecule has 6 heteroatoms. The van der Waals surface area contributed by atoms with Crippen LogP contribution in [0.4, 0.5) is 5.13 Å². The van der Waals surface area contributed by atoms with Crippen molar-refractivity contribution in [1.82, 2.24) is 9.36 Å². The second kappa shape index (κ2) is 5.23. The average Bonchev–Trinajstić information content (AvgIpc) is 2.49. The van der Waals surface area contributed by atoms with E-state index >= 15 is 0 Å². The molecule has 0 aliphatic rings. The van der Waals surface area contributed by atoms with Crippen molar-refractivity contribution < 1.29 is 4.21 Å². The number of nitrogens with one attached hydrogen (secondary N) is 1. The Morgan fingerprint density at radius 1 is 1.50 bits per heavy atom. The van der Waals surface area contributed by atoms with Crippen LogP contribution in [0.5, 0.6) is 0 Å². The Morgan fingerprint density at radius 2 is 2.12 bits per heavy atom. The highest BCUT2D eigenvalue weighted by molar-refractivity contribution is 7.84. The zero-order valence-electron chi connectivity index (χ0n) is 10.4. The highest BCUT2D eigenvalue weighted by atomic mass is 32.2. The highest BCUT2D eigenvalue weighted by Gasteiger charge is 2.20. The standard InChI is InChI=1S/C10H19N3OS2/c1-7(6-16(5)14)11-9-12-8(13-15-9)10(2,3)4/h7H,6H2,1-5H3,(H,11,12,13). The maximum absolute atomic E-state index is 11.0. The predicted octanol–water partition coefficient (Wildman–Crippen LogP) is 2.01. The maximum Gasteiger partial charge on any atom is 0.202 e. The molecule has 0 spiro atoms. The Bertz CT molecular complexity index is 370. The van der Waals surface area contributed by atoms with E-state index in [0.29, 0.717) is 5.75 Å². The number of anilines is 1. The number of hydrogen-bond donors (Lipinski definition) is 1. The fourth-order valence-corrected chi connectivity index (χ4v) is 2.85. The molecule has 0 amide bonds. The van der Waals surface area contributed by atoms with Crippen LogP contribution < -0.4 is 5.32 Å². The summed E-state index contributed by atoms with van der Waals surface area (Å²) in [4.78, 5) is 4.43. The fraction of sp³-hybridized carbons (Fsp3) is 0.800. The van der Waals surface area contributed by atoms with E-state index in [1.807, 2.05) is 6.92 Å². The number of hydrogen-bond acceptors (Lipinski definition) is 5. The van der Waals surface area contributed by atoms with Crippen molar-refractivity contribution in [2.75, 3.05) is 17.3 Å². The summed E-state index contributed by atoms with van der Waals surface area (Å²) in [6, 6.07) is 0.159. The van der Waals surface area contributed by atoms with Crippen molar-refractivity contribution >= 4 is 27.5 Å². The van der Waals surface area contributed by atoms with Crippen molar-refractivity contribution in [1.29, 1.82) is 0 Å². The van der Waals surface area contributed by atoms with Crippen molar-refractivity contribution in [3.05, 3.63) is 5.82 Å². The Kier molecular flexibility index (Phi) is 4.43. The van der Waals surface area contributed by atoms with E-state index in [1.165, 1.54) is 11.5 Å². The van der Waals surface area contributed by atoms with Crippen LogP contribution in [0.1, 0.15) is 33.5 Å². The first-order valence-corrected chi connectivity index (χ1v) is 7.70. The molecule has 4 nitrogen and oxygen atoms in total. The first kappa shape index (κ1) is 13.6. The van der Waals surface area contributed by atoms with Gasteiger partial charge in [0.1, 0.15) is 5.82 Å². The summed E-state index contributed by atoms with van der Waals surface area (Å²) >= 11 is 1.36. The zero-order valence-corrected chi connectivity index (χ0v) is 12.0. The monoisotopic (exact) mass is 261 g/mol. The molecule has 92 valence electrons. The molecule has 0 fully saturated rings. The molecule has 0 bridgehead atoms. The summed E-state index contributed by atoms with van der Waals surface area (Å²) in [5.41, 5.74) is -0.0206. The quantitative estimate of drug-likeness (QED) is 0.901. The molecule has 0 saturated heterocycles. The van der Waals surface area contributed by atoms with Gasteiger partial charge in [-0.05, 0) is 6.92 Å². The van der Waals surface area contributed by atoms with E-state index < -0.39 is 10.8 Å². The minimum absolute atomic E-state index is 0.0206. The molecule has 1 N–H and O–H groups in total. The highest BCUT2D eigenvalue weighted by Crippen LogP contribution is 2.23. The molecule has 16 heavy (non-hydrogen) atoms. The zero-order chi connectivity index (χ0) is 12.3. The van der Waals surface area contributed by atoms with Crippen LogP contribution in [-0.4, -0.2) is 31.6 Å². The van der Waals surface area contributed by atoms with E-state index in [0.717, 1.165) is 11.0 Å². The van der Waals surface area contributed by atoms with Gasteiger partial charge in [0.25, 0.3) is 0 Å². The van der Waals surface area contributed by atoms with Gasteiger partial charge < -0.3 is 5.32 Å². The van der Waals surface area contributed by atoms with Gasteiger partial charge in [-0.15, -0.1) is 0 Å². The molecule has 0 radical (unpaired) electrons. The molecule has 1 heterocycles. The van der Waals surface area contributed by atoms with Crippen molar-refractivity contribution in [2.24, 2.45) is 0 Å². The molecule has 1 aromatic heterocycles. The van der Waals surface area contributed by atoms with Gasteiger partial charge in [-0.2, -0.15) is 4.37 Å². The Morgan fingerprint density at radius 3 is 2.56 bits per heavy atom. The molecule has 1 rings (SSSR count). The van der Waals surface area contributed by atoms with Crippen LogP contribution in [0, 0.1) is 0 Å². The predicted molar refractivity (Wildman–Crippen MR) is 70.6 cm³/mol. The third-order valence-corrected chi connectivity index (χ3v) is 3.57. The van der Waals surface area contributed by atoms with Gasteiger partial charge in [0, 0.05) is 45.8 Å². The molecule has 2 atom stereocenters. The Labute approximate surface area is 103 Å². The second-order valence-electron chi connectivity index (χ2n) is 4.96. The molecule has 0 saturated carbocycles. The van der Waals surface area contributed by atoms with Gasteiger partial charge in [0.05, 0.1) is 0 Å². The number of nitrogens with zero attached hydrogens (tertiary/aromatic N) is 2. The maximum atomic E-state index is 11.0. The minimum atomic E-state index is -0.786. The van der Waals surface area contributed by atoms with Gasteiger partial charge in [0.15, 0.2) is 0 Å². The molecular weight excluding hydrogens is 242 g/mol. The van der Waals surface area contributed by atoms with E-state index in [-0.39, 0.29) is 11.5 Å². The lowest BCUT2D eigenvalue weighted by molar-refractivity contribution is 0.555. The van der Waals surface area contributed by atoms with Gasteiger partial charge >= 0.3 is 0 Å². The molecule has 0 aliphatic carbocycles. The van der Waals surface area contributed by atoms with Crippen molar-refractivity contribution in [3.63, 3.8) is 0 Å². The van der Waals surface area contributed by atoms with Crippen LogP contribution in [0.15, 0.2) is 0 Å². The van der Waals surface area contributed by atoms with E-state index in [1.54, 1.807) is 6.26 Å². The SMILES string of the molecule is CC(CS(C)=O)Nc1nc(C(C)(C)C)ns1. The van der Waals surface area contributed by atoms with E-state index in [9.17, 15) is 4.21 Å². The van der Waals surface area contributed by atoms with Crippen LogP contribution in [0.2, 0.25) is 0 Å². The minimum Gasteiger partial charge on any atom is -0.357 e. The van der Waals surface area contributed by atoms with Crippen molar-refractivity contribution in [3.8, 4) is 0 Å². The van der Waals surface area contributed by atoms with Crippen molar-refractivity contribution in [2.45, 2.75) is 39.2 Å². The Hall–Kier alpha value is -0.490. The lowest BCUT2D eigenvalue weighted by atomic mass is 9.96. The smallest absolute Gasteiger partial charge is 0.202 e. The summed E-state index contributed by atoms with van der Waals surface area (Å²) < 4.78 is 15.4. The number of aromatic nitrogens is 2. The van der Waals surface area contributed by atoms with Crippen LogP contribution in [-0.2, 0) is 16.2 Å². The van der Waals surface area contributed by atoms with Gasteiger partial charge in [-0.25, -0.2) is 4.98 Å². The van der Waals surface area contributed by atoms with E-state index in [4.69, 9.17) is 0 Å². The third kappa shape index (κ3) is 4.17. The topological polar surface area (TPSA) is 54.9 Å². The fourth-order valence-electron chi connectivity index (χ4n) is 1.19. The van der Waals surface area contributed by atoms with Crippen LogP contribution in [0.3, 0.4) is 0 Å². The average molecular weight is 261 g/mol. The molecular formula is C10H19N3OS2. The Balaban J connectivity index is 2.62. The lowest BCUT2D eigenvalue weighted by Crippen LogP contribution is -2.22. The van der Waals surface area contributed by atoms with Crippen LogP contribution in [0.25, 0.3) is 0 Å². The molecule has 0 aliphatic heterocycles.